The normalized spacial score (nSPS) is 11.0. The van der Waals surface area contributed by atoms with E-state index in [0.29, 0.717) is 11.5 Å². The van der Waals surface area contributed by atoms with Gasteiger partial charge in [0.25, 0.3) is 0 Å². The lowest BCUT2D eigenvalue weighted by Crippen LogP contribution is -1.95. The number of phenols is 1. The summed E-state index contributed by atoms with van der Waals surface area (Å²) >= 11 is 1.52. The minimum Gasteiger partial charge on any atom is -0.508 e. The van der Waals surface area contributed by atoms with Crippen LogP contribution in [0.5, 0.6) is 5.75 Å². The third kappa shape index (κ3) is 3.00. The molecular formula is C22H14N4OS. The van der Waals surface area contributed by atoms with Gasteiger partial charge in [-0.15, -0.1) is 11.3 Å². The van der Waals surface area contributed by atoms with Crippen LogP contribution in [0.4, 0.5) is 0 Å². The Morgan fingerprint density at radius 1 is 0.821 bits per heavy atom. The van der Waals surface area contributed by atoms with Crippen molar-refractivity contribution in [2.24, 2.45) is 0 Å². The summed E-state index contributed by atoms with van der Waals surface area (Å²) in [5.41, 5.74) is 4.23. The molecule has 0 saturated carbocycles. The number of nitrogens with zero attached hydrogens (tertiary/aromatic N) is 4. The van der Waals surface area contributed by atoms with Gasteiger partial charge in [-0.3, -0.25) is 4.98 Å². The van der Waals surface area contributed by atoms with E-state index in [4.69, 9.17) is 9.97 Å². The van der Waals surface area contributed by atoms with Gasteiger partial charge >= 0.3 is 0 Å². The Bertz CT molecular complexity index is 1270. The van der Waals surface area contributed by atoms with Crippen molar-refractivity contribution in [1.29, 1.82) is 0 Å². The van der Waals surface area contributed by atoms with Crippen molar-refractivity contribution >= 4 is 22.2 Å². The molecule has 0 bridgehead atoms. The van der Waals surface area contributed by atoms with Gasteiger partial charge < -0.3 is 5.11 Å². The maximum absolute atomic E-state index is 9.99. The molecule has 3 heterocycles. The summed E-state index contributed by atoms with van der Waals surface area (Å²) < 4.78 is 0. The third-order valence-corrected chi connectivity index (χ3v) is 5.22. The van der Waals surface area contributed by atoms with E-state index < -0.39 is 0 Å². The molecule has 0 amide bonds. The Balaban J connectivity index is 1.72. The summed E-state index contributed by atoms with van der Waals surface area (Å²) in [6, 6.07) is 18.9. The van der Waals surface area contributed by atoms with E-state index in [-0.39, 0.29) is 5.75 Å². The second-order valence-corrected chi connectivity index (χ2v) is 7.10. The van der Waals surface area contributed by atoms with Crippen LogP contribution in [0.3, 0.4) is 0 Å². The summed E-state index contributed by atoms with van der Waals surface area (Å²) in [5, 5.41) is 13.6. The molecule has 0 spiro atoms. The molecule has 0 radical (unpaired) electrons. The molecule has 0 aliphatic heterocycles. The van der Waals surface area contributed by atoms with Crippen molar-refractivity contribution in [3.8, 4) is 39.1 Å². The number of aromatic nitrogens is 4. The summed E-state index contributed by atoms with van der Waals surface area (Å²) in [4.78, 5) is 18.4. The fourth-order valence-electron chi connectivity index (χ4n) is 3.03. The van der Waals surface area contributed by atoms with Crippen LogP contribution in [0.25, 0.3) is 44.2 Å². The smallest absolute Gasteiger partial charge is 0.162 e. The summed E-state index contributed by atoms with van der Waals surface area (Å²) in [6.07, 6.45) is 3.46. The first-order valence-corrected chi connectivity index (χ1v) is 9.58. The topological polar surface area (TPSA) is 71.8 Å². The molecule has 0 unspecified atom stereocenters. The Hall–Kier alpha value is -3.64. The van der Waals surface area contributed by atoms with Crippen LogP contribution in [0.1, 0.15) is 0 Å². The SMILES string of the molecule is Oc1ccc2nc(-c3cccnc3)nc(-c3nc(-c4ccccc4)cs3)c2c1. The number of phenolic OH excluding ortho intramolecular Hbond substituents is 1. The molecule has 0 saturated heterocycles. The molecule has 0 aliphatic carbocycles. The second-order valence-electron chi connectivity index (χ2n) is 6.24. The molecule has 2 aromatic carbocycles. The van der Waals surface area contributed by atoms with Gasteiger partial charge in [-0.05, 0) is 30.3 Å². The van der Waals surface area contributed by atoms with Crippen LogP contribution in [-0.2, 0) is 0 Å². The van der Waals surface area contributed by atoms with E-state index in [1.165, 1.54) is 11.3 Å². The van der Waals surface area contributed by atoms with Gasteiger partial charge in [-0.25, -0.2) is 15.0 Å². The van der Waals surface area contributed by atoms with E-state index in [9.17, 15) is 5.11 Å². The highest BCUT2D eigenvalue weighted by atomic mass is 32.1. The minimum atomic E-state index is 0.173. The lowest BCUT2D eigenvalue weighted by atomic mass is 10.1. The first-order chi connectivity index (χ1) is 13.8. The molecule has 5 nitrogen and oxygen atoms in total. The minimum absolute atomic E-state index is 0.173. The highest BCUT2D eigenvalue weighted by molar-refractivity contribution is 7.13. The largest absolute Gasteiger partial charge is 0.508 e. The van der Waals surface area contributed by atoms with Crippen molar-refractivity contribution < 1.29 is 5.11 Å². The Morgan fingerprint density at radius 2 is 1.68 bits per heavy atom. The zero-order chi connectivity index (χ0) is 18.9. The average molecular weight is 382 g/mol. The number of fused-ring (bicyclic) bond motifs is 1. The first kappa shape index (κ1) is 16.5. The molecule has 3 aromatic heterocycles. The van der Waals surface area contributed by atoms with Gasteiger partial charge in [0.05, 0.1) is 11.2 Å². The molecule has 5 aromatic rings. The molecule has 0 atom stereocenters. The van der Waals surface area contributed by atoms with Gasteiger partial charge in [0.15, 0.2) is 5.82 Å². The maximum Gasteiger partial charge on any atom is 0.162 e. The molecule has 0 aliphatic rings. The molecule has 28 heavy (non-hydrogen) atoms. The molecular weight excluding hydrogens is 368 g/mol. The monoisotopic (exact) mass is 382 g/mol. The Labute approximate surface area is 165 Å². The van der Waals surface area contributed by atoms with Crippen LogP contribution in [0, 0.1) is 0 Å². The van der Waals surface area contributed by atoms with Gasteiger partial charge in [-0.2, -0.15) is 0 Å². The van der Waals surface area contributed by atoms with Crippen LogP contribution in [-0.4, -0.2) is 25.0 Å². The van der Waals surface area contributed by atoms with Crippen LogP contribution in [0.15, 0.2) is 78.4 Å². The summed E-state index contributed by atoms with van der Waals surface area (Å²) in [6.45, 7) is 0. The molecule has 1 N–H and O–H groups in total. The quantitative estimate of drug-likeness (QED) is 0.465. The zero-order valence-corrected chi connectivity index (χ0v) is 15.5. The molecule has 0 fully saturated rings. The lowest BCUT2D eigenvalue weighted by Gasteiger charge is -2.07. The van der Waals surface area contributed by atoms with Gasteiger partial charge in [0.2, 0.25) is 0 Å². The van der Waals surface area contributed by atoms with Crippen molar-refractivity contribution in [3.63, 3.8) is 0 Å². The number of rotatable bonds is 3. The number of pyridine rings is 1. The number of hydrogen-bond donors (Lipinski definition) is 1. The summed E-state index contributed by atoms with van der Waals surface area (Å²) in [5.74, 6) is 0.754. The van der Waals surface area contributed by atoms with Crippen LogP contribution in [0.2, 0.25) is 0 Å². The van der Waals surface area contributed by atoms with E-state index >= 15 is 0 Å². The van der Waals surface area contributed by atoms with Crippen LogP contribution < -0.4 is 0 Å². The summed E-state index contributed by atoms with van der Waals surface area (Å²) in [7, 11) is 0. The standard InChI is InChI=1S/C22H14N4OS/c27-16-8-9-18-17(11-16)20(26-21(24-18)15-7-4-10-23-12-15)22-25-19(13-28-22)14-5-2-1-3-6-14/h1-13,27H. The number of aromatic hydroxyl groups is 1. The van der Waals surface area contributed by atoms with Crippen molar-refractivity contribution in [2.75, 3.05) is 0 Å². The van der Waals surface area contributed by atoms with Gasteiger partial charge in [0, 0.05) is 34.3 Å². The number of benzene rings is 2. The van der Waals surface area contributed by atoms with Crippen molar-refractivity contribution in [3.05, 3.63) is 78.4 Å². The van der Waals surface area contributed by atoms with Crippen molar-refractivity contribution in [1.82, 2.24) is 19.9 Å². The average Bonchev–Trinajstić information content (AvgIpc) is 3.24. The second kappa shape index (κ2) is 6.83. The fourth-order valence-corrected chi connectivity index (χ4v) is 3.86. The third-order valence-electron chi connectivity index (χ3n) is 4.38. The predicted octanol–water partition coefficient (Wildman–Crippen LogP) is 5.19. The van der Waals surface area contributed by atoms with Crippen molar-refractivity contribution in [2.45, 2.75) is 0 Å². The maximum atomic E-state index is 9.99. The molecule has 5 rings (SSSR count). The highest BCUT2D eigenvalue weighted by Crippen LogP contribution is 2.34. The van der Waals surface area contributed by atoms with E-state index in [1.807, 2.05) is 47.8 Å². The van der Waals surface area contributed by atoms with Gasteiger partial charge in [0.1, 0.15) is 16.5 Å². The van der Waals surface area contributed by atoms with Crippen LogP contribution >= 0.6 is 11.3 Å². The Kier molecular flexibility index (Phi) is 4.03. The highest BCUT2D eigenvalue weighted by Gasteiger charge is 2.15. The predicted molar refractivity (Wildman–Crippen MR) is 111 cm³/mol. The Morgan fingerprint density at radius 3 is 2.50 bits per heavy atom. The van der Waals surface area contributed by atoms with Gasteiger partial charge in [-0.1, -0.05) is 30.3 Å². The number of hydrogen-bond acceptors (Lipinski definition) is 6. The van der Waals surface area contributed by atoms with E-state index in [1.54, 1.807) is 30.6 Å². The van der Waals surface area contributed by atoms with E-state index in [0.717, 1.165) is 32.7 Å². The fraction of sp³-hybridized carbons (Fsp3) is 0. The lowest BCUT2D eigenvalue weighted by molar-refractivity contribution is 0.476. The van der Waals surface area contributed by atoms with E-state index in [2.05, 4.69) is 9.97 Å². The number of thiazole rings is 1. The molecule has 134 valence electrons. The first-order valence-electron chi connectivity index (χ1n) is 8.70. The molecule has 6 heteroatoms. The zero-order valence-electron chi connectivity index (χ0n) is 14.6.